The zero-order valence-electron chi connectivity index (χ0n) is 12.7. The van der Waals surface area contributed by atoms with Crippen molar-refractivity contribution in [2.75, 3.05) is 0 Å². The number of hydrogen-bond acceptors (Lipinski definition) is 1. The minimum absolute atomic E-state index is 0.0700. The summed E-state index contributed by atoms with van der Waals surface area (Å²) < 4.78 is 2.00. The molecule has 3 heteroatoms. The summed E-state index contributed by atoms with van der Waals surface area (Å²) in [6.45, 7) is 10.3. The number of benzene rings is 1. The molecule has 1 heterocycles. The van der Waals surface area contributed by atoms with E-state index >= 15 is 0 Å². The van der Waals surface area contributed by atoms with Crippen LogP contribution in [-0.2, 0) is 5.41 Å². The van der Waals surface area contributed by atoms with E-state index in [0.717, 1.165) is 17.1 Å². The molecule has 3 nitrogen and oxygen atoms in total. The van der Waals surface area contributed by atoms with Crippen LogP contribution in [0.5, 0.6) is 0 Å². The first-order valence-corrected chi connectivity index (χ1v) is 6.75. The first-order valence-electron chi connectivity index (χ1n) is 6.75. The molecular formula is C17H21NO2. The Kier molecular flexibility index (Phi) is 3.46. The lowest BCUT2D eigenvalue weighted by Gasteiger charge is -2.20. The van der Waals surface area contributed by atoms with E-state index in [1.807, 2.05) is 30.5 Å². The predicted molar refractivity (Wildman–Crippen MR) is 80.9 cm³/mol. The summed E-state index contributed by atoms with van der Waals surface area (Å²) in [7, 11) is 0. The zero-order valence-corrected chi connectivity index (χ0v) is 12.7. The third-order valence-electron chi connectivity index (χ3n) is 3.63. The van der Waals surface area contributed by atoms with Crippen molar-refractivity contribution in [2.45, 2.75) is 40.0 Å². The van der Waals surface area contributed by atoms with E-state index in [4.69, 9.17) is 0 Å². The second-order valence-corrected chi connectivity index (χ2v) is 6.23. The maximum Gasteiger partial charge on any atom is 0.337 e. The molecule has 0 amide bonds. The lowest BCUT2D eigenvalue weighted by molar-refractivity contribution is 0.0696. The van der Waals surface area contributed by atoms with Crippen LogP contribution in [0.15, 0.2) is 30.3 Å². The van der Waals surface area contributed by atoms with E-state index in [1.54, 1.807) is 6.07 Å². The van der Waals surface area contributed by atoms with Gasteiger partial charge in [0.1, 0.15) is 0 Å². The molecule has 2 rings (SSSR count). The summed E-state index contributed by atoms with van der Waals surface area (Å²) in [5.74, 6) is -0.878. The van der Waals surface area contributed by atoms with Crippen LogP contribution in [0.3, 0.4) is 0 Å². The van der Waals surface area contributed by atoms with E-state index in [1.165, 1.54) is 5.56 Å². The lowest BCUT2D eigenvalue weighted by atomic mass is 9.87. The van der Waals surface area contributed by atoms with Gasteiger partial charge < -0.3 is 9.67 Å². The molecule has 2 aromatic rings. The number of aromatic carboxylic acids is 1. The summed E-state index contributed by atoms with van der Waals surface area (Å²) in [6, 6.07) is 10.00. The average Bonchev–Trinajstić information content (AvgIpc) is 2.64. The van der Waals surface area contributed by atoms with E-state index in [-0.39, 0.29) is 5.41 Å². The minimum Gasteiger partial charge on any atom is -0.478 e. The Morgan fingerprint density at radius 1 is 1.15 bits per heavy atom. The zero-order chi connectivity index (χ0) is 15.1. The molecular weight excluding hydrogens is 250 g/mol. The van der Waals surface area contributed by atoms with E-state index in [9.17, 15) is 9.90 Å². The molecule has 0 fully saturated rings. The number of carboxylic acid groups (broad SMARTS) is 1. The molecule has 0 spiro atoms. The minimum atomic E-state index is -0.878. The Bertz CT molecular complexity index is 660. The molecule has 0 radical (unpaired) electrons. The Hall–Kier alpha value is -2.03. The summed E-state index contributed by atoms with van der Waals surface area (Å²) in [6.07, 6.45) is 0. The monoisotopic (exact) mass is 271 g/mol. The van der Waals surface area contributed by atoms with Crippen LogP contribution in [0.25, 0.3) is 5.69 Å². The Labute approximate surface area is 119 Å². The first kappa shape index (κ1) is 14.4. The van der Waals surface area contributed by atoms with Crippen molar-refractivity contribution in [1.29, 1.82) is 0 Å². The van der Waals surface area contributed by atoms with Crippen molar-refractivity contribution in [1.82, 2.24) is 4.57 Å². The van der Waals surface area contributed by atoms with Crippen LogP contribution in [0, 0.1) is 13.8 Å². The van der Waals surface area contributed by atoms with Crippen LogP contribution >= 0.6 is 0 Å². The van der Waals surface area contributed by atoms with Gasteiger partial charge in [0.15, 0.2) is 0 Å². The molecule has 0 aliphatic heterocycles. The summed E-state index contributed by atoms with van der Waals surface area (Å²) in [5.41, 5.74) is 4.38. The van der Waals surface area contributed by atoms with Gasteiger partial charge in [-0.15, -0.1) is 0 Å². The number of rotatable bonds is 2. The van der Waals surface area contributed by atoms with Gasteiger partial charge in [-0.05, 0) is 43.0 Å². The molecule has 20 heavy (non-hydrogen) atoms. The van der Waals surface area contributed by atoms with E-state index in [2.05, 4.69) is 32.9 Å². The van der Waals surface area contributed by atoms with Gasteiger partial charge >= 0.3 is 5.97 Å². The predicted octanol–water partition coefficient (Wildman–Crippen LogP) is 4.09. The third kappa shape index (κ3) is 2.48. The highest BCUT2D eigenvalue weighted by atomic mass is 16.4. The van der Waals surface area contributed by atoms with Gasteiger partial charge in [-0.25, -0.2) is 4.79 Å². The number of nitrogens with zero attached hydrogens (tertiary/aromatic N) is 1. The molecule has 0 bridgehead atoms. The molecule has 0 saturated carbocycles. The summed E-state index contributed by atoms with van der Waals surface area (Å²) in [5, 5.41) is 9.22. The Balaban J connectivity index is 2.61. The average molecular weight is 271 g/mol. The molecule has 0 unspecified atom stereocenters. The normalized spacial score (nSPS) is 11.7. The SMILES string of the molecule is Cc1cc(C(=O)O)c(C)n1-c1cccc(C(C)(C)C)c1. The van der Waals surface area contributed by atoms with Crippen LogP contribution in [0.1, 0.15) is 48.1 Å². The molecule has 106 valence electrons. The van der Waals surface area contributed by atoms with Crippen molar-refractivity contribution < 1.29 is 9.90 Å². The molecule has 1 aromatic heterocycles. The highest BCUT2D eigenvalue weighted by molar-refractivity contribution is 5.89. The molecule has 0 aliphatic rings. The smallest absolute Gasteiger partial charge is 0.337 e. The van der Waals surface area contributed by atoms with Gasteiger partial charge in [0, 0.05) is 17.1 Å². The number of carboxylic acids is 1. The highest BCUT2D eigenvalue weighted by Crippen LogP contribution is 2.26. The first-order chi connectivity index (χ1) is 9.21. The number of aryl methyl sites for hydroxylation is 1. The maximum absolute atomic E-state index is 11.2. The van der Waals surface area contributed by atoms with Gasteiger partial charge in [0.05, 0.1) is 5.56 Å². The van der Waals surface area contributed by atoms with Crippen molar-refractivity contribution >= 4 is 5.97 Å². The van der Waals surface area contributed by atoms with Crippen LogP contribution in [0.4, 0.5) is 0 Å². The molecule has 0 aliphatic carbocycles. The van der Waals surface area contributed by atoms with Gasteiger partial charge in [0.25, 0.3) is 0 Å². The topological polar surface area (TPSA) is 42.2 Å². The number of hydrogen-bond donors (Lipinski definition) is 1. The van der Waals surface area contributed by atoms with Gasteiger partial charge in [-0.1, -0.05) is 32.9 Å². The third-order valence-corrected chi connectivity index (χ3v) is 3.63. The van der Waals surface area contributed by atoms with Crippen molar-refractivity contribution in [3.05, 3.63) is 52.8 Å². The standard InChI is InChI=1S/C17H21NO2/c1-11-9-15(16(19)20)12(2)18(11)14-8-6-7-13(10-14)17(3,4)5/h6-10H,1-5H3,(H,19,20). The van der Waals surface area contributed by atoms with Gasteiger partial charge in [0.2, 0.25) is 0 Å². The largest absolute Gasteiger partial charge is 0.478 e. The van der Waals surface area contributed by atoms with Crippen LogP contribution in [0.2, 0.25) is 0 Å². The quantitative estimate of drug-likeness (QED) is 0.894. The fourth-order valence-electron chi connectivity index (χ4n) is 2.49. The van der Waals surface area contributed by atoms with Gasteiger partial charge in [-0.3, -0.25) is 0 Å². The molecule has 0 atom stereocenters. The second-order valence-electron chi connectivity index (χ2n) is 6.23. The van der Waals surface area contributed by atoms with Crippen LogP contribution < -0.4 is 0 Å². The van der Waals surface area contributed by atoms with E-state index in [0.29, 0.717) is 5.56 Å². The van der Waals surface area contributed by atoms with Crippen molar-refractivity contribution in [3.8, 4) is 5.69 Å². The molecule has 1 N–H and O–H groups in total. The van der Waals surface area contributed by atoms with Crippen molar-refractivity contribution in [3.63, 3.8) is 0 Å². The number of carbonyl (C=O) groups is 1. The fourth-order valence-corrected chi connectivity index (χ4v) is 2.49. The highest BCUT2D eigenvalue weighted by Gasteiger charge is 2.18. The maximum atomic E-state index is 11.2. The second kappa shape index (κ2) is 4.82. The molecule has 0 saturated heterocycles. The number of aromatic nitrogens is 1. The fraction of sp³-hybridized carbons (Fsp3) is 0.353. The summed E-state index contributed by atoms with van der Waals surface area (Å²) in [4.78, 5) is 11.2. The van der Waals surface area contributed by atoms with E-state index < -0.39 is 5.97 Å². The van der Waals surface area contributed by atoms with Crippen molar-refractivity contribution in [2.24, 2.45) is 0 Å². The van der Waals surface area contributed by atoms with Crippen LogP contribution in [-0.4, -0.2) is 15.6 Å². The van der Waals surface area contributed by atoms with Gasteiger partial charge in [-0.2, -0.15) is 0 Å². The summed E-state index contributed by atoms with van der Waals surface area (Å²) >= 11 is 0. The Morgan fingerprint density at radius 2 is 1.80 bits per heavy atom. The lowest BCUT2D eigenvalue weighted by Crippen LogP contribution is -2.12. The Morgan fingerprint density at radius 3 is 2.30 bits per heavy atom. The molecule has 1 aromatic carbocycles.